The topological polar surface area (TPSA) is 45.9 Å². The highest BCUT2D eigenvalue weighted by atomic mass is 32.1. The van der Waals surface area contributed by atoms with Gasteiger partial charge in [0.25, 0.3) is 0 Å². The molecule has 0 amide bonds. The van der Waals surface area contributed by atoms with E-state index in [2.05, 4.69) is 11.1 Å². The lowest BCUT2D eigenvalue weighted by Gasteiger charge is -2.07. The molecular weight excluding hydrogens is 256 g/mol. The van der Waals surface area contributed by atoms with Crippen LogP contribution in [0.1, 0.15) is 28.1 Å². The number of para-hydroxylation sites is 1. The van der Waals surface area contributed by atoms with Gasteiger partial charge in [-0.05, 0) is 25.0 Å². The molecular formula is C15H16N2OS. The lowest BCUT2D eigenvalue weighted by molar-refractivity contribution is 0.319. The molecule has 0 fully saturated rings. The number of thiazole rings is 1. The summed E-state index contributed by atoms with van der Waals surface area (Å²) >= 11 is 1.47. The van der Waals surface area contributed by atoms with Crippen LogP contribution >= 0.6 is 11.3 Å². The first-order valence-corrected chi connectivity index (χ1v) is 7.13. The summed E-state index contributed by atoms with van der Waals surface area (Å²) in [5, 5.41) is 9.97. The predicted octanol–water partition coefficient (Wildman–Crippen LogP) is 3.51. The first-order chi connectivity index (χ1) is 9.24. The Morgan fingerprint density at radius 3 is 2.79 bits per heavy atom. The maximum atomic E-state index is 8.99. The van der Waals surface area contributed by atoms with E-state index in [1.54, 1.807) is 0 Å². The Kier molecular flexibility index (Phi) is 4.53. The van der Waals surface area contributed by atoms with Crippen molar-refractivity contribution in [2.75, 3.05) is 6.61 Å². The van der Waals surface area contributed by atoms with E-state index in [9.17, 15) is 0 Å². The van der Waals surface area contributed by atoms with Gasteiger partial charge in [0.15, 0.2) is 0 Å². The van der Waals surface area contributed by atoms with Crippen molar-refractivity contribution in [2.24, 2.45) is 0 Å². The Hall–Kier alpha value is -1.86. The van der Waals surface area contributed by atoms with Crippen molar-refractivity contribution in [3.05, 3.63) is 45.4 Å². The molecule has 0 aliphatic rings. The number of hydrogen-bond donors (Lipinski definition) is 0. The Labute approximate surface area is 117 Å². The molecule has 1 aromatic heterocycles. The molecule has 0 unspecified atom stereocenters. The van der Waals surface area contributed by atoms with Gasteiger partial charge >= 0.3 is 0 Å². The molecule has 4 heteroatoms. The molecule has 19 heavy (non-hydrogen) atoms. The Bertz CT molecular complexity index is 598. The molecule has 0 bridgehead atoms. The third kappa shape index (κ3) is 3.33. The van der Waals surface area contributed by atoms with Gasteiger partial charge in [0.2, 0.25) is 0 Å². The van der Waals surface area contributed by atoms with E-state index in [1.165, 1.54) is 11.3 Å². The van der Waals surface area contributed by atoms with Crippen LogP contribution in [-0.4, -0.2) is 11.6 Å². The second-order valence-corrected chi connectivity index (χ2v) is 5.30. The molecule has 1 aromatic carbocycles. The number of nitrogens with zero attached hydrogens (tertiary/aromatic N) is 2. The van der Waals surface area contributed by atoms with E-state index in [0.717, 1.165) is 39.7 Å². The fourth-order valence-electron chi connectivity index (χ4n) is 1.80. The predicted molar refractivity (Wildman–Crippen MR) is 76.6 cm³/mol. The molecule has 0 atom stereocenters. The monoisotopic (exact) mass is 272 g/mol. The van der Waals surface area contributed by atoms with Crippen LogP contribution in [0.5, 0.6) is 5.75 Å². The summed E-state index contributed by atoms with van der Waals surface area (Å²) in [6.45, 7) is 4.64. The minimum absolute atomic E-state index is 0.590. The average molecular weight is 272 g/mol. The molecule has 0 saturated carbocycles. The maximum Gasteiger partial charge on any atom is 0.128 e. The van der Waals surface area contributed by atoms with E-state index in [4.69, 9.17) is 10.00 Å². The highest BCUT2D eigenvalue weighted by Gasteiger charge is 2.09. The zero-order chi connectivity index (χ0) is 13.7. The molecule has 2 rings (SSSR count). The summed E-state index contributed by atoms with van der Waals surface area (Å²) in [6.07, 6.45) is 1.55. The maximum absolute atomic E-state index is 8.99. The molecule has 2 aromatic rings. The number of aryl methyl sites for hydroxylation is 2. The van der Waals surface area contributed by atoms with E-state index in [-0.39, 0.29) is 0 Å². The summed E-state index contributed by atoms with van der Waals surface area (Å²) in [6, 6.07) is 10.2. The van der Waals surface area contributed by atoms with E-state index < -0.39 is 0 Å². The summed E-state index contributed by atoms with van der Waals surface area (Å²) in [7, 11) is 0. The van der Waals surface area contributed by atoms with Gasteiger partial charge in [0, 0.05) is 6.42 Å². The summed E-state index contributed by atoms with van der Waals surface area (Å²) in [5.74, 6) is 0.912. The van der Waals surface area contributed by atoms with Crippen LogP contribution in [-0.2, 0) is 12.8 Å². The molecule has 3 nitrogen and oxygen atoms in total. The van der Waals surface area contributed by atoms with E-state index >= 15 is 0 Å². The van der Waals surface area contributed by atoms with Crippen molar-refractivity contribution in [2.45, 2.75) is 26.7 Å². The van der Waals surface area contributed by atoms with Crippen molar-refractivity contribution in [3.8, 4) is 11.8 Å². The number of hydrogen-bond acceptors (Lipinski definition) is 4. The normalized spacial score (nSPS) is 10.2. The van der Waals surface area contributed by atoms with Crippen molar-refractivity contribution in [1.82, 2.24) is 4.98 Å². The first-order valence-electron chi connectivity index (χ1n) is 6.31. The molecule has 0 spiro atoms. The van der Waals surface area contributed by atoms with Gasteiger partial charge in [-0.2, -0.15) is 5.26 Å². The zero-order valence-corrected chi connectivity index (χ0v) is 12.0. The molecule has 0 saturated heterocycles. The van der Waals surface area contributed by atoms with Crippen molar-refractivity contribution in [1.29, 1.82) is 5.26 Å². The van der Waals surface area contributed by atoms with Crippen LogP contribution in [0.15, 0.2) is 24.3 Å². The largest absolute Gasteiger partial charge is 0.493 e. The van der Waals surface area contributed by atoms with Crippen molar-refractivity contribution in [3.63, 3.8) is 0 Å². The second-order valence-electron chi connectivity index (χ2n) is 4.21. The van der Waals surface area contributed by atoms with Gasteiger partial charge < -0.3 is 4.74 Å². The number of aromatic nitrogens is 1. The fourth-order valence-corrected chi connectivity index (χ4v) is 2.73. The van der Waals surface area contributed by atoms with Crippen LogP contribution in [0.25, 0.3) is 0 Å². The van der Waals surface area contributed by atoms with Gasteiger partial charge in [-0.15, -0.1) is 11.3 Å². The molecule has 1 heterocycles. The molecule has 0 aliphatic heterocycles. The Morgan fingerprint density at radius 2 is 2.16 bits per heavy atom. The van der Waals surface area contributed by atoms with Crippen LogP contribution in [0.2, 0.25) is 0 Å². The minimum Gasteiger partial charge on any atom is -0.493 e. The van der Waals surface area contributed by atoms with Crippen LogP contribution in [0.3, 0.4) is 0 Å². The van der Waals surface area contributed by atoms with Gasteiger partial charge in [0.1, 0.15) is 16.7 Å². The van der Waals surface area contributed by atoms with E-state index in [0.29, 0.717) is 6.61 Å². The van der Waals surface area contributed by atoms with Gasteiger partial charge in [0.05, 0.1) is 17.3 Å². The second kappa shape index (κ2) is 6.35. The summed E-state index contributed by atoms with van der Waals surface area (Å²) in [5.41, 5.74) is 2.03. The zero-order valence-electron chi connectivity index (χ0n) is 11.1. The standard InChI is InChI=1S/C15H16N2OS/c1-3-12-14(10-16)19-15(17-12)8-9-18-13-7-5-4-6-11(13)2/h4-7H,3,8-9H2,1-2H3. The van der Waals surface area contributed by atoms with Gasteiger partial charge in [-0.25, -0.2) is 4.98 Å². The van der Waals surface area contributed by atoms with E-state index in [1.807, 2.05) is 38.1 Å². The van der Waals surface area contributed by atoms with Crippen molar-refractivity contribution < 1.29 is 4.74 Å². The van der Waals surface area contributed by atoms with Crippen LogP contribution < -0.4 is 4.74 Å². The Morgan fingerprint density at radius 1 is 1.37 bits per heavy atom. The molecule has 0 radical (unpaired) electrons. The number of ether oxygens (including phenoxy) is 1. The SMILES string of the molecule is CCc1nc(CCOc2ccccc2C)sc1C#N. The lowest BCUT2D eigenvalue weighted by Crippen LogP contribution is -2.02. The number of nitriles is 1. The third-order valence-corrected chi connectivity index (χ3v) is 3.91. The minimum atomic E-state index is 0.590. The average Bonchev–Trinajstić information content (AvgIpc) is 2.83. The summed E-state index contributed by atoms with van der Waals surface area (Å²) in [4.78, 5) is 5.20. The highest BCUT2D eigenvalue weighted by molar-refractivity contribution is 7.12. The third-order valence-electron chi connectivity index (χ3n) is 2.85. The number of rotatable bonds is 5. The Balaban J connectivity index is 1.95. The summed E-state index contributed by atoms with van der Waals surface area (Å²) < 4.78 is 5.74. The van der Waals surface area contributed by atoms with Gasteiger partial charge in [-0.3, -0.25) is 0 Å². The molecule has 0 N–H and O–H groups in total. The molecule has 0 aliphatic carbocycles. The lowest BCUT2D eigenvalue weighted by atomic mass is 10.2. The highest BCUT2D eigenvalue weighted by Crippen LogP contribution is 2.20. The fraction of sp³-hybridized carbons (Fsp3) is 0.333. The van der Waals surface area contributed by atoms with Gasteiger partial charge in [-0.1, -0.05) is 25.1 Å². The number of benzene rings is 1. The van der Waals surface area contributed by atoms with Crippen molar-refractivity contribution >= 4 is 11.3 Å². The van der Waals surface area contributed by atoms with Crippen LogP contribution in [0, 0.1) is 18.3 Å². The van der Waals surface area contributed by atoms with Crippen LogP contribution in [0.4, 0.5) is 0 Å². The quantitative estimate of drug-likeness (QED) is 0.836. The molecule has 98 valence electrons. The first kappa shape index (κ1) is 13.6. The smallest absolute Gasteiger partial charge is 0.128 e.